The van der Waals surface area contributed by atoms with Gasteiger partial charge in [0.2, 0.25) is 5.91 Å². The summed E-state index contributed by atoms with van der Waals surface area (Å²) in [5, 5.41) is 26.8. The largest absolute Gasteiger partial charge is 0.481 e. The average molecular weight is 297 g/mol. The first kappa shape index (κ1) is 15.0. The number of carboxylic acid groups (broad SMARTS) is 3. The van der Waals surface area contributed by atoms with Crippen LogP contribution in [0.2, 0.25) is 0 Å². The molecular weight excluding hydrogens is 282 g/mol. The minimum atomic E-state index is -1.34. The van der Waals surface area contributed by atoms with E-state index in [1.807, 2.05) is 0 Å². The molecule has 0 aromatic rings. The molecule has 1 saturated carbocycles. The van der Waals surface area contributed by atoms with E-state index >= 15 is 0 Å². The van der Waals surface area contributed by atoms with E-state index < -0.39 is 48.7 Å². The monoisotopic (exact) mass is 297 g/mol. The third-order valence-corrected chi connectivity index (χ3v) is 3.99. The van der Waals surface area contributed by atoms with Crippen LogP contribution in [-0.2, 0) is 19.2 Å². The molecule has 0 aromatic heterocycles. The Bertz CT molecular complexity index is 511. The van der Waals surface area contributed by atoms with Crippen molar-refractivity contribution in [2.45, 2.75) is 6.42 Å². The van der Waals surface area contributed by atoms with Gasteiger partial charge in [-0.3, -0.25) is 19.2 Å². The summed E-state index contributed by atoms with van der Waals surface area (Å²) < 4.78 is 0. The highest BCUT2D eigenvalue weighted by atomic mass is 16.4. The van der Waals surface area contributed by atoms with Gasteiger partial charge in [-0.1, -0.05) is 12.2 Å². The molecule has 4 atom stereocenters. The summed E-state index contributed by atoms with van der Waals surface area (Å²) >= 11 is 0. The number of allylic oxidation sites excluding steroid dienone is 2. The van der Waals surface area contributed by atoms with Gasteiger partial charge in [0.25, 0.3) is 0 Å². The average Bonchev–Trinajstić information content (AvgIpc) is 2.95. The Labute approximate surface area is 119 Å². The zero-order valence-electron chi connectivity index (χ0n) is 11.0. The van der Waals surface area contributed by atoms with Crippen LogP contribution in [0, 0.1) is 23.7 Å². The maximum absolute atomic E-state index is 12.4. The Morgan fingerprint density at radius 2 is 1.38 bits per heavy atom. The quantitative estimate of drug-likeness (QED) is 0.563. The van der Waals surface area contributed by atoms with Crippen LogP contribution in [0.1, 0.15) is 6.42 Å². The molecule has 0 unspecified atom stereocenters. The van der Waals surface area contributed by atoms with Crippen molar-refractivity contribution in [2.75, 3.05) is 13.1 Å². The Morgan fingerprint density at radius 3 is 1.81 bits per heavy atom. The molecule has 8 heteroatoms. The smallest absolute Gasteiger partial charge is 0.323 e. The highest BCUT2D eigenvalue weighted by molar-refractivity contribution is 5.90. The lowest BCUT2D eigenvalue weighted by atomic mass is 9.82. The minimum Gasteiger partial charge on any atom is -0.481 e. The number of carbonyl (C=O) groups excluding carboxylic acids is 1. The van der Waals surface area contributed by atoms with Gasteiger partial charge in [0.05, 0.1) is 11.8 Å². The lowest BCUT2D eigenvalue weighted by Crippen LogP contribution is -2.46. The van der Waals surface area contributed by atoms with Crippen LogP contribution in [0.3, 0.4) is 0 Å². The van der Waals surface area contributed by atoms with Gasteiger partial charge >= 0.3 is 17.9 Å². The van der Waals surface area contributed by atoms with Gasteiger partial charge in [-0.15, -0.1) is 0 Å². The van der Waals surface area contributed by atoms with Gasteiger partial charge in [0, 0.05) is 0 Å². The molecule has 3 N–H and O–H groups in total. The molecule has 0 aliphatic heterocycles. The first-order valence-corrected chi connectivity index (χ1v) is 6.44. The normalized spacial score (nSPS) is 29.3. The number of rotatable bonds is 6. The fourth-order valence-electron chi connectivity index (χ4n) is 3.24. The molecule has 0 saturated heterocycles. The molecule has 1 amide bonds. The van der Waals surface area contributed by atoms with Crippen LogP contribution in [0.15, 0.2) is 12.2 Å². The van der Waals surface area contributed by atoms with Gasteiger partial charge in [-0.05, 0) is 18.3 Å². The summed E-state index contributed by atoms with van der Waals surface area (Å²) in [6, 6.07) is 0. The summed E-state index contributed by atoms with van der Waals surface area (Å²) in [7, 11) is 0. The first-order chi connectivity index (χ1) is 9.81. The molecular formula is C13H15NO7. The number of carboxylic acids is 3. The van der Waals surface area contributed by atoms with Crippen LogP contribution in [-0.4, -0.2) is 57.1 Å². The standard InChI is InChI=1S/C13H15NO7/c15-8(16)4-14(5-9(17)18)12(19)10-6-1-2-7(3-6)11(10)13(20)21/h1-2,6-7,10-11H,3-5H2,(H,15,16)(H,17,18)(H,20,21)/t6-,7-,10-,11-/m0/s1. The molecule has 2 bridgehead atoms. The Hall–Kier alpha value is -2.38. The minimum absolute atomic E-state index is 0.252. The molecule has 1 fully saturated rings. The van der Waals surface area contributed by atoms with Gasteiger partial charge in [0.1, 0.15) is 13.1 Å². The lowest BCUT2D eigenvalue weighted by molar-refractivity contribution is -0.155. The van der Waals surface area contributed by atoms with Crippen molar-refractivity contribution in [3.63, 3.8) is 0 Å². The van der Waals surface area contributed by atoms with Crippen molar-refractivity contribution in [3.05, 3.63) is 12.2 Å². The fourth-order valence-corrected chi connectivity index (χ4v) is 3.24. The number of aliphatic carboxylic acids is 3. The maximum Gasteiger partial charge on any atom is 0.323 e. The Morgan fingerprint density at radius 1 is 0.905 bits per heavy atom. The second kappa shape index (κ2) is 5.55. The summed E-state index contributed by atoms with van der Waals surface area (Å²) in [5.74, 6) is -6.84. The van der Waals surface area contributed by atoms with Crippen molar-refractivity contribution < 1.29 is 34.5 Å². The molecule has 0 radical (unpaired) electrons. The van der Waals surface area contributed by atoms with E-state index in [4.69, 9.17) is 10.2 Å². The van der Waals surface area contributed by atoms with E-state index in [-0.39, 0.29) is 11.8 Å². The SMILES string of the molecule is O=C(O)CN(CC(=O)O)C(=O)[C@@H]1[C@@H](C(=O)O)[C@H]2C=C[C@H]1C2. The second-order valence-electron chi connectivity index (χ2n) is 5.32. The van der Waals surface area contributed by atoms with Crippen molar-refractivity contribution >= 4 is 23.8 Å². The van der Waals surface area contributed by atoms with Gasteiger partial charge < -0.3 is 20.2 Å². The second-order valence-corrected chi connectivity index (χ2v) is 5.32. The van der Waals surface area contributed by atoms with Crippen molar-refractivity contribution in [1.29, 1.82) is 0 Å². The van der Waals surface area contributed by atoms with Crippen LogP contribution < -0.4 is 0 Å². The lowest BCUT2D eigenvalue weighted by Gasteiger charge is -2.29. The molecule has 114 valence electrons. The zero-order chi connectivity index (χ0) is 15.7. The topological polar surface area (TPSA) is 132 Å². The number of carbonyl (C=O) groups is 4. The van der Waals surface area contributed by atoms with E-state index in [0.29, 0.717) is 11.3 Å². The number of amides is 1. The summed E-state index contributed by atoms with van der Waals surface area (Å²) in [6.07, 6.45) is 4.04. The number of fused-ring (bicyclic) bond motifs is 2. The third-order valence-electron chi connectivity index (χ3n) is 3.99. The van der Waals surface area contributed by atoms with E-state index in [9.17, 15) is 24.3 Å². The van der Waals surface area contributed by atoms with Crippen LogP contribution in [0.4, 0.5) is 0 Å². The van der Waals surface area contributed by atoms with Crippen molar-refractivity contribution in [3.8, 4) is 0 Å². The maximum atomic E-state index is 12.4. The number of hydrogen-bond donors (Lipinski definition) is 3. The molecule has 2 aliphatic carbocycles. The van der Waals surface area contributed by atoms with E-state index in [0.717, 1.165) is 0 Å². The van der Waals surface area contributed by atoms with Gasteiger partial charge in [0.15, 0.2) is 0 Å². The summed E-state index contributed by atoms with van der Waals surface area (Å²) in [5.41, 5.74) is 0. The van der Waals surface area contributed by atoms with Crippen LogP contribution in [0.5, 0.6) is 0 Å². The fraction of sp³-hybridized carbons (Fsp3) is 0.538. The number of hydrogen-bond acceptors (Lipinski definition) is 4. The highest BCUT2D eigenvalue weighted by Crippen LogP contribution is 2.48. The summed E-state index contributed by atoms with van der Waals surface area (Å²) in [6.45, 7) is -1.51. The van der Waals surface area contributed by atoms with Crippen LogP contribution >= 0.6 is 0 Å². The molecule has 2 aliphatic rings. The van der Waals surface area contributed by atoms with E-state index in [1.165, 1.54) is 0 Å². The summed E-state index contributed by atoms with van der Waals surface area (Å²) in [4.78, 5) is 46.0. The van der Waals surface area contributed by atoms with E-state index in [1.54, 1.807) is 12.2 Å². The highest BCUT2D eigenvalue weighted by Gasteiger charge is 2.52. The molecule has 0 heterocycles. The predicted octanol–water partition coefficient (Wildman–Crippen LogP) is -0.493. The predicted molar refractivity (Wildman–Crippen MR) is 67.2 cm³/mol. The van der Waals surface area contributed by atoms with Crippen molar-refractivity contribution in [1.82, 2.24) is 4.90 Å². The third kappa shape index (κ3) is 2.88. The number of nitrogens with zero attached hydrogens (tertiary/aromatic N) is 1. The van der Waals surface area contributed by atoms with E-state index in [2.05, 4.69) is 0 Å². The molecule has 21 heavy (non-hydrogen) atoms. The Kier molecular flexibility index (Phi) is 3.97. The van der Waals surface area contributed by atoms with Crippen LogP contribution in [0.25, 0.3) is 0 Å². The van der Waals surface area contributed by atoms with Gasteiger partial charge in [-0.25, -0.2) is 0 Å². The molecule has 2 rings (SSSR count). The molecule has 8 nitrogen and oxygen atoms in total. The molecule has 0 spiro atoms. The first-order valence-electron chi connectivity index (χ1n) is 6.44. The van der Waals surface area contributed by atoms with Crippen molar-refractivity contribution in [2.24, 2.45) is 23.7 Å². The Balaban J connectivity index is 2.22. The molecule has 0 aromatic carbocycles. The zero-order valence-corrected chi connectivity index (χ0v) is 11.0. The van der Waals surface area contributed by atoms with Gasteiger partial charge in [-0.2, -0.15) is 0 Å².